The first-order chi connectivity index (χ1) is 18.8. The molecule has 3 amide bonds. The number of carbonyl (C=O) groups is 3. The van der Waals surface area contributed by atoms with Gasteiger partial charge in [0.05, 0.1) is 28.8 Å². The van der Waals surface area contributed by atoms with Crippen LogP contribution >= 0.6 is 11.3 Å². The summed E-state index contributed by atoms with van der Waals surface area (Å²) >= 11 is 1.51. The Kier molecular flexibility index (Phi) is 8.81. The molecule has 2 heterocycles. The quantitative estimate of drug-likeness (QED) is 0.293. The molecule has 1 aromatic carbocycles. The number of hydrogen-bond acceptors (Lipinski definition) is 8. The van der Waals surface area contributed by atoms with E-state index in [4.69, 9.17) is 9.78 Å². The van der Waals surface area contributed by atoms with Gasteiger partial charge in [0.15, 0.2) is 11.4 Å². The van der Waals surface area contributed by atoms with Crippen molar-refractivity contribution < 1.29 is 33.7 Å². The highest BCUT2D eigenvalue weighted by Gasteiger charge is 2.53. The number of halogens is 1. The molecule has 12 heteroatoms. The van der Waals surface area contributed by atoms with E-state index in [-0.39, 0.29) is 32.4 Å². The number of hydrogen-bond donors (Lipinski definition) is 3. The molecular weight excluding hydrogens is 539 g/mol. The maximum Gasteiger partial charge on any atom is 0.258 e. The normalized spacial score (nSPS) is 20.6. The number of aryl methyl sites for hydroxylation is 1. The average molecular weight is 577 g/mol. The summed E-state index contributed by atoms with van der Waals surface area (Å²) in [5.74, 6) is -1.38. The van der Waals surface area contributed by atoms with Gasteiger partial charge in [-0.05, 0) is 43.7 Å². The van der Waals surface area contributed by atoms with Crippen molar-refractivity contribution in [2.75, 3.05) is 13.2 Å². The van der Waals surface area contributed by atoms with Gasteiger partial charge < -0.3 is 25.5 Å². The van der Waals surface area contributed by atoms with Crippen molar-refractivity contribution >= 4 is 29.1 Å². The molecule has 40 heavy (non-hydrogen) atoms. The Balaban J connectivity index is 1.49. The lowest BCUT2D eigenvalue weighted by molar-refractivity contribution is -0.202. The van der Waals surface area contributed by atoms with Crippen LogP contribution in [0, 0.1) is 12.3 Å². The molecule has 0 unspecified atom stereocenters. The third-order valence-corrected chi connectivity index (χ3v) is 8.12. The highest BCUT2D eigenvalue weighted by molar-refractivity contribution is 7.13. The number of aliphatic hydroxyl groups is 1. The standard InChI is InChI=1S/C28H37FN4O6S/c1-6-38-39-21-11-17(22-16(2)31-15-40-22)7-8-18(21)13-30-24(35)20-12-19(34)14-33(20)25(36)23(27(3,4)5)32-26(37)28(29)9-10-28/h7-8,11,15,19-20,23,34H,6,9-10,12-14H2,1-5H3,(H,30,35)(H,32,37)/t19-,20+,23-/m1/s1. The largest absolute Gasteiger partial charge is 0.391 e. The Morgan fingerprint density at radius 1 is 1.30 bits per heavy atom. The fourth-order valence-corrected chi connectivity index (χ4v) is 5.44. The maximum absolute atomic E-state index is 14.4. The van der Waals surface area contributed by atoms with Crippen molar-refractivity contribution in [2.45, 2.75) is 84.3 Å². The van der Waals surface area contributed by atoms with Gasteiger partial charge >= 0.3 is 0 Å². The topological polar surface area (TPSA) is 130 Å². The Morgan fingerprint density at radius 2 is 2.02 bits per heavy atom. The fourth-order valence-electron chi connectivity index (χ4n) is 4.64. The molecule has 1 aliphatic heterocycles. The number of alkyl halides is 1. The second-order valence-corrected chi connectivity index (χ2v) is 12.3. The Hall–Kier alpha value is -3.09. The minimum Gasteiger partial charge on any atom is -0.391 e. The second kappa shape index (κ2) is 11.8. The number of β-amino-alcohol motifs (C(OH)–C–C–N with tert-alkyl or cyclic N) is 1. The van der Waals surface area contributed by atoms with Crippen LogP contribution in [0.2, 0.25) is 0 Å². The summed E-state index contributed by atoms with van der Waals surface area (Å²) in [5.41, 5.74) is 1.51. The van der Waals surface area contributed by atoms with E-state index in [1.807, 2.05) is 25.1 Å². The number of aromatic nitrogens is 1. The lowest BCUT2D eigenvalue weighted by Crippen LogP contribution is -2.59. The van der Waals surface area contributed by atoms with Crippen molar-refractivity contribution in [3.63, 3.8) is 0 Å². The molecule has 1 saturated carbocycles. The predicted molar refractivity (Wildman–Crippen MR) is 147 cm³/mol. The van der Waals surface area contributed by atoms with E-state index in [2.05, 4.69) is 15.6 Å². The molecular formula is C28H37FN4O6S. The summed E-state index contributed by atoms with van der Waals surface area (Å²) in [4.78, 5) is 56.6. The molecule has 1 aliphatic carbocycles. The number of amides is 3. The van der Waals surface area contributed by atoms with Crippen LogP contribution in [0.1, 0.15) is 58.2 Å². The van der Waals surface area contributed by atoms with Crippen molar-refractivity contribution in [3.05, 3.63) is 35.0 Å². The van der Waals surface area contributed by atoms with Gasteiger partial charge in [-0.15, -0.1) is 11.3 Å². The summed E-state index contributed by atoms with van der Waals surface area (Å²) < 4.78 is 14.4. The summed E-state index contributed by atoms with van der Waals surface area (Å²) in [6.07, 6.45) is -0.624. The van der Waals surface area contributed by atoms with Crippen LogP contribution in [0.4, 0.5) is 4.39 Å². The van der Waals surface area contributed by atoms with Crippen LogP contribution in [0.5, 0.6) is 5.75 Å². The van der Waals surface area contributed by atoms with Crippen LogP contribution in [0.15, 0.2) is 23.7 Å². The van der Waals surface area contributed by atoms with Gasteiger partial charge in [0, 0.05) is 25.1 Å². The van der Waals surface area contributed by atoms with E-state index < -0.39 is 47.0 Å². The molecule has 0 spiro atoms. The van der Waals surface area contributed by atoms with Crippen LogP contribution in [-0.4, -0.2) is 69.7 Å². The molecule has 0 bridgehead atoms. The second-order valence-electron chi connectivity index (χ2n) is 11.4. The fraction of sp³-hybridized carbons (Fsp3) is 0.571. The molecule has 2 fully saturated rings. The van der Waals surface area contributed by atoms with Crippen LogP contribution in [0.25, 0.3) is 10.4 Å². The van der Waals surface area contributed by atoms with Crippen molar-refractivity contribution in [3.8, 4) is 16.2 Å². The lowest BCUT2D eigenvalue weighted by Gasteiger charge is -2.35. The third kappa shape index (κ3) is 6.61. The first-order valence-electron chi connectivity index (χ1n) is 13.4. The molecule has 4 rings (SSSR count). The molecule has 218 valence electrons. The Bertz CT molecular complexity index is 1260. The van der Waals surface area contributed by atoms with Crippen molar-refractivity contribution in [1.82, 2.24) is 20.5 Å². The Labute approximate surface area is 237 Å². The van der Waals surface area contributed by atoms with E-state index in [0.717, 1.165) is 16.1 Å². The summed E-state index contributed by atoms with van der Waals surface area (Å²) in [7, 11) is 0. The first-order valence-corrected chi connectivity index (χ1v) is 14.3. The van der Waals surface area contributed by atoms with E-state index in [1.165, 1.54) is 16.2 Å². The van der Waals surface area contributed by atoms with Gasteiger partial charge in [0.1, 0.15) is 12.1 Å². The maximum atomic E-state index is 14.4. The van der Waals surface area contributed by atoms with Crippen LogP contribution in [-0.2, 0) is 25.8 Å². The SMILES string of the molecule is CCOOc1cc(-c2scnc2C)ccc1CNC(=O)[C@@H]1C[C@@H](O)CN1C(=O)[C@@H](NC(=O)C1(F)CC1)C(C)(C)C. The minimum atomic E-state index is -1.94. The zero-order chi connectivity index (χ0) is 29.2. The first kappa shape index (κ1) is 29.9. The molecule has 3 atom stereocenters. The van der Waals surface area contributed by atoms with E-state index in [9.17, 15) is 23.9 Å². The monoisotopic (exact) mass is 576 g/mol. The number of nitrogens with zero attached hydrogens (tertiary/aromatic N) is 2. The van der Waals surface area contributed by atoms with Gasteiger partial charge in [0.25, 0.3) is 5.91 Å². The van der Waals surface area contributed by atoms with Gasteiger partial charge in [-0.25, -0.2) is 9.37 Å². The number of thiazole rings is 1. The summed E-state index contributed by atoms with van der Waals surface area (Å²) in [5, 5.41) is 15.8. The van der Waals surface area contributed by atoms with Crippen molar-refractivity contribution in [1.29, 1.82) is 0 Å². The minimum absolute atomic E-state index is 0.0430. The highest BCUT2D eigenvalue weighted by Crippen LogP contribution is 2.40. The van der Waals surface area contributed by atoms with E-state index in [0.29, 0.717) is 17.9 Å². The van der Waals surface area contributed by atoms with Crippen LogP contribution < -0.4 is 15.5 Å². The average Bonchev–Trinajstić information content (AvgIpc) is 3.31. The molecule has 2 aliphatic rings. The van der Waals surface area contributed by atoms with Crippen molar-refractivity contribution in [2.24, 2.45) is 5.41 Å². The summed E-state index contributed by atoms with van der Waals surface area (Å²) in [6, 6.07) is 3.53. The molecule has 1 saturated heterocycles. The lowest BCUT2D eigenvalue weighted by atomic mass is 9.85. The smallest absolute Gasteiger partial charge is 0.258 e. The van der Waals surface area contributed by atoms with Gasteiger partial charge in [-0.2, -0.15) is 4.89 Å². The van der Waals surface area contributed by atoms with Crippen LogP contribution in [0.3, 0.4) is 0 Å². The third-order valence-electron chi connectivity index (χ3n) is 7.14. The molecule has 10 nitrogen and oxygen atoms in total. The van der Waals surface area contributed by atoms with E-state index in [1.54, 1.807) is 33.2 Å². The van der Waals surface area contributed by atoms with E-state index >= 15 is 0 Å². The highest BCUT2D eigenvalue weighted by atomic mass is 32.1. The number of benzene rings is 1. The van der Waals surface area contributed by atoms with Gasteiger partial charge in [-0.1, -0.05) is 32.9 Å². The zero-order valence-corrected chi connectivity index (χ0v) is 24.3. The zero-order valence-electron chi connectivity index (χ0n) is 23.5. The molecule has 0 radical (unpaired) electrons. The summed E-state index contributed by atoms with van der Waals surface area (Å²) in [6.45, 7) is 9.32. The molecule has 2 aromatic rings. The molecule has 1 aromatic heterocycles. The molecule has 3 N–H and O–H groups in total. The number of nitrogens with one attached hydrogen (secondary N) is 2. The number of carbonyl (C=O) groups excluding carboxylic acids is 3. The van der Waals surface area contributed by atoms with Gasteiger partial charge in [0.2, 0.25) is 11.8 Å². The van der Waals surface area contributed by atoms with Gasteiger partial charge in [-0.3, -0.25) is 14.4 Å². The predicted octanol–water partition coefficient (Wildman–Crippen LogP) is 3.06. The Morgan fingerprint density at radius 3 is 2.62 bits per heavy atom. The number of likely N-dealkylation sites (tertiary alicyclic amines) is 1. The number of aliphatic hydroxyl groups excluding tert-OH is 1. The number of rotatable bonds is 10.